The maximum absolute atomic E-state index is 13.8. The van der Waals surface area contributed by atoms with Crippen LogP contribution >= 0.6 is 0 Å². The lowest BCUT2D eigenvalue weighted by Crippen LogP contribution is -2.33. The van der Waals surface area contributed by atoms with Gasteiger partial charge in [-0.3, -0.25) is 19.5 Å². The zero-order chi connectivity index (χ0) is 19.5. The van der Waals surface area contributed by atoms with Crippen molar-refractivity contribution >= 4 is 17.5 Å². The standard InChI is InChI=1S/C22H18FN3O2/c23-18-11-5-4-7-15(18)14-25-20(27)13-19-21-17(10-6-12-24-21)22(28)26(19)16-8-2-1-3-9-16/h1-12,19H,13-14H2,(H,25,27)/t19-/m0/s1. The van der Waals surface area contributed by atoms with E-state index in [0.29, 0.717) is 22.5 Å². The van der Waals surface area contributed by atoms with Gasteiger partial charge in [-0.1, -0.05) is 36.4 Å². The third-order valence-corrected chi connectivity index (χ3v) is 4.76. The predicted octanol–water partition coefficient (Wildman–Crippen LogP) is 3.63. The van der Waals surface area contributed by atoms with Crippen molar-refractivity contribution in [1.82, 2.24) is 10.3 Å². The molecule has 1 atom stereocenters. The number of fused-ring (bicyclic) bond motifs is 1. The minimum atomic E-state index is -0.508. The number of hydrogen-bond donors (Lipinski definition) is 1. The van der Waals surface area contributed by atoms with E-state index < -0.39 is 6.04 Å². The first-order valence-electron chi connectivity index (χ1n) is 8.99. The summed E-state index contributed by atoms with van der Waals surface area (Å²) >= 11 is 0. The van der Waals surface area contributed by atoms with Crippen LogP contribution in [-0.2, 0) is 11.3 Å². The first kappa shape index (κ1) is 17.9. The highest BCUT2D eigenvalue weighted by Gasteiger charge is 2.39. The topological polar surface area (TPSA) is 62.3 Å². The van der Waals surface area contributed by atoms with E-state index in [1.807, 2.05) is 30.3 Å². The van der Waals surface area contributed by atoms with Crippen molar-refractivity contribution < 1.29 is 14.0 Å². The van der Waals surface area contributed by atoms with Gasteiger partial charge in [0.1, 0.15) is 5.82 Å². The molecule has 6 heteroatoms. The highest BCUT2D eigenvalue weighted by Crippen LogP contribution is 2.38. The average molecular weight is 375 g/mol. The van der Waals surface area contributed by atoms with Crippen LogP contribution in [0.3, 0.4) is 0 Å². The Morgan fingerprint density at radius 3 is 2.57 bits per heavy atom. The quantitative estimate of drug-likeness (QED) is 0.741. The molecule has 0 aliphatic carbocycles. The lowest BCUT2D eigenvalue weighted by molar-refractivity contribution is -0.121. The van der Waals surface area contributed by atoms with Gasteiger partial charge in [-0.2, -0.15) is 0 Å². The third-order valence-electron chi connectivity index (χ3n) is 4.76. The molecule has 2 amide bonds. The van der Waals surface area contributed by atoms with Crippen LogP contribution in [-0.4, -0.2) is 16.8 Å². The molecule has 2 heterocycles. The summed E-state index contributed by atoms with van der Waals surface area (Å²) in [6.07, 6.45) is 1.66. The Balaban J connectivity index is 1.56. The van der Waals surface area contributed by atoms with E-state index in [-0.39, 0.29) is 30.6 Å². The number of anilines is 1. The summed E-state index contributed by atoms with van der Waals surface area (Å²) in [7, 11) is 0. The SMILES string of the molecule is O=C(C[C@H]1c2ncccc2C(=O)N1c1ccccc1)NCc1ccccc1F. The number of rotatable bonds is 5. The molecule has 140 valence electrons. The van der Waals surface area contributed by atoms with E-state index in [4.69, 9.17) is 0 Å². The zero-order valence-electron chi connectivity index (χ0n) is 15.0. The molecule has 4 rings (SSSR count). The normalized spacial score (nSPS) is 15.4. The fourth-order valence-electron chi connectivity index (χ4n) is 3.41. The van der Waals surface area contributed by atoms with E-state index in [0.717, 1.165) is 0 Å². The summed E-state index contributed by atoms with van der Waals surface area (Å²) in [6, 6.07) is 18.4. The van der Waals surface area contributed by atoms with Gasteiger partial charge in [-0.15, -0.1) is 0 Å². The van der Waals surface area contributed by atoms with Crippen molar-refractivity contribution in [2.24, 2.45) is 0 Å². The van der Waals surface area contributed by atoms with Crippen LogP contribution in [0.5, 0.6) is 0 Å². The Kier molecular flexibility index (Phi) is 4.85. The van der Waals surface area contributed by atoms with Crippen LogP contribution in [0.25, 0.3) is 0 Å². The number of carbonyl (C=O) groups excluding carboxylic acids is 2. The van der Waals surface area contributed by atoms with E-state index in [2.05, 4.69) is 10.3 Å². The van der Waals surface area contributed by atoms with Crippen LogP contribution in [0.15, 0.2) is 72.9 Å². The minimum absolute atomic E-state index is 0.0408. The van der Waals surface area contributed by atoms with Crippen molar-refractivity contribution in [3.05, 3.63) is 95.6 Å². The lowest BCUT2D eigenvalue weighted by Gasteiger charge is -2.24. The van der Waals surface area contributed by atoms with Gasteiger partial charge in [0.25, 0.3) is 5.91 Å². The largest absolute Gasteiger partial charge is 0.352 e. The Morgan fingerprint density at radius 1 is 1.04 bits per heavy atom. The molecule has 1 aliphatic heterocycles. The molecular formula is C22H18FN3O2. The summed E-state index contributed by atoms with van der Waals surface area (Å²) < 4.78 is 13.8. The Morgan fingerprint density at radius 2 is 1.79 bits per heavy atom. The van der Waals surface area contributed by atoms with Gasteiger partial charge in [-0.25, -0.2) is 4.39 Å². The number of nitrogens with one attached hydrogen (secondary N) is 1. The molecule has 1 aromatic heterocycles. The summed E-state index contributed by atoms with van der Waals surface area (Å²) in [5.41, 5.74) is 2.20. The minimum Gasteiger partial charge on any atom is -0.352 e. The van der Waals surface area contributed by atoms with Crippen molar-refractivity contribution in [3.63, 3.8) is 0 Å². The maximum atomic E-state index is 13.8. The lowest BCUT2D eigenvalue weighted by atomic mass is 10.1. The van der Waals surface area contributed by atoms with Crippen LogP contribution in [0, 0.1) is 5.82 Å². The fourth-order valence-corrected chi connectivity index (χ4v) is 3.41. The Hall–Kier alpha value is -3.54. The second-order valence-corrected chi connectivity index (χ2v) is 6.53. The molecule has 2 aromatic carbocycles. The van der Waals surface area contributed by atoms with Crippen molar-refractivity contribution in [1.29, 1.82) is 0 Å². The number of halogens is 1. The Labute approximate surface area is 161 Å². The summed E-state index contributed by atoms with van der Waals surface area (Å²) in [5.74, 6) is -0.821. The molecule has 1 N–H and O–H groups in total. The van der Waals surface area contributed by atoms with E-state index in [1.54, 1.807) is 41.4 Å². The number of nitrogens with zero attached hydrogens (tertiary/aromatic N) is 2. The van der Waals surface area contributed by atoms with Gasteiger partial charge in [0.2, 0.25) is 5.91 Å². The molecule has 0 spiro atoms. The van der Waals surface area contributed by atoms with Crippen molar-refractivity contribution in [2.45, 2.75) is 19.0 Å². The van der Waals surface area contributed by atoms with Gasteiger partial charge in [0.15, 0.2) is 0 Å². The molecule has 0 radical (unpaired) electrons. The van der Waals surface area contributed by atoms with E-state index in [9.17, 15) is 14.0 Å². The van der Waals surface area contributed by atoms with E-state index in [1.165, 1.54) is 6.07 Å². The molecule has 0 saturated carbocycles. The molecule has 1 aliphatic rings. The van der Waals surface area contributed by atoms with Crippen LogP contribution in [0.1, 0.15) is 34.1 Å². The monoisotopic (exact) mass is 375 g/mol. The number of amides is 2. The first-order chi connectivity index (χ1) is 13.6. The number of carbonyl (C=O) groups is 2. The maximum Gasteiger partial charge on any atom is 0.260 e. The summed E-state index contributed by atoms with van der Waals surface area (Å²) in [4.78, 5) is 31.4. The summed E-state index contributed by atoms with van der Waals surface area (Å²) in [5, 5.41) is 2.74. The van der Waals surface area contributed by atoms with Gasteiger partial charge >= 0.3 is 0 Å². The second-order valence-electron chi connectivity index (χ2n) is 6.53. The Bertz CT molecular complexity index is 1020. The van der Waals surface area contributed by atoms with Crippen LogP contribution < -0.4 is 10.2 Å². The molecule has 0 fully saturated rings. The second kappa shape index (κ2) is 7.60. The van der Waals surface area contributed by atoms with E-state index >= 15 is 0 Å². The van der Waals surface area contributed by atoms with Crippen molar-refractivity contribution in [2.75, 3.05) is 4.90 Å². The van der Waals surface area contributed by atoms with Gasteiger partial charge in [0, 0.05) is 24.0 Å². The van der Waals surface area contributed by atoms with Crippen molar-refractivity contribution in [3.8, 4) is 0 Å². The molecule has 0 unspecified atom stereocenters. The molecular weight excluding hydrogens is 357 g/mol. The number of hydrogen-bond acceptors (Lipinski definition) is 3. The highest BCUT2D eigenvalue weighted by atomic mass is 19.1. The predicted molar refractivity (Wildman–Crippen MR) is 103 cm³/mol. The summed E-state index contributed by atoms with van der Waals surface area (Å²) in [6.45, 7) is 0.0899. The number of pyridine rings is 1. The molecule has 0 saturated heterocycles. The van der Waals surface area contributed by atoms with Crippen LogP contribution in [0.2, 0.25) is 0 Å². The third kappa shape index (κ3) is 3.36. The van der Waals surface area contributed by atoms with Gasteiger partial charge in [0.05, 0.1) is 23.7 Å². The molecule has 28 heavy (non-hydrogen) atoms. The zero-order valence-corrected chi connectivity index (χ0v) is 15.0. The number of benzene rings is 2. The number of aromatic nitrogens is 1. The smallest absolute Gasteiger partial charge is 0.260 e. The average Bonchev–Trinajstić information content (AvgIpc) is 3.00. The van der Waals surface area contributed by atoms with Gasteiger partial charge in [-0.05, 0) is 30.3 Å². The molecule has 3 aromatic rings. The molecule has 0 bridgehead atoms. The number of para-hydroxylation sites is 1. The fraction of sp³-hybridized carbons (Fsp3) is 0.136. The highest BCUT2D eigenvalue weighted by molar-refractivity contribution is 6.11. The van der Waals surface area contributed by atoms with Crippen LogP contribution in [0.4, 0.5) is 10.1 Å². The molecule has 5 nitrogen and oxygen atoms in total. The van der Waals surface area contributed by atoms with Gasteiger partial charge < -0.3 is 5.32 Å². The first-order valence-corrected chi connectivity index (χ1v) is 8.99.